The van der Waals surface area contributed by atoms with Crippen LogP contribution in [0.5, 0.6) is 0 Å². The van der Waals surface area contributed by atoms with Crippen LogP contribution < -0.4 is 5.32 Å². The topological polar surface area (TPSA) is 62.0 Å². The number of carbonyl (C=O) groups excluding carboxylic acids is 2. The van der Waals surface area contributed by atoms with Gasteiger partial charge in [-0.3, -0.25) is 14.9 Å². The third-order valence-electron chi connectivity index (χ3n) is 3.45. The first-order valence-corrected chi connectivity index (χ1v) is 7.35. The lowest BCUT2D eigenvalue weighted by molar-refractivity contribution is -0.115. The smallest absolute Gasteiger partial charge is 0.290 e. The Balaban J connectivity index is 2.02. The fourth-order valence-corrected chi connectivity index (χ4v) is 3.03. The normalized spacial score (nSPS) is 16.6. The van der Waals surface area contributed by atoms with Gasteiger partial charge in [0.25, 0.3) is 11.1 Å². The molecule has 4 nitrogen and oxygen atoms in total. The summed E-state index contributed by atoms with van der Waals surface area (Å²) in [6, 6.07) is 6.17. The second kappa shape index (κ2) is 5.26. The molecule has 0 aliphatic carbocycles. The Bertz CT molecular complexity index is 761. The van der Waals surface area contributed by atoms with E-state index in [9.17, 15) is 9.59 Å². The molecule has 0 atom stereocenters. The molecular weight excluding hydrogens is 284 g/mol. The predicted molar refractivity (Wildman–Crippen MR) is 84.8 cm³/mol. The molecule has 2 heterocycles. The summed E-state index contributed by atoms with van der Waals surface area (Å²) in [5.41, 5.74) is 5.45. The highest BCUT2D eigenvalue weighted by Gasteiger charge is 2.25. The van der Waals surface area contributed by atoms with E-state index in [-0.39, 0.29) is 11.1 Å². The first kappa shape index (κ1) is 13.7. The highest BCUT2D eigenvalue weighted by atomic mass is 32.2. The number of aromatic amines is 1. The highest BCUT2D eigenvalue weighted by Crippen LogP contribution is 2.30. The molecule has 2 amide bonds. The van der Waals surface area contributed by atoms with Crippen molar-refractivity contribution in [3.05, 3.63) is 52.2 Å². The Morgan fingerprint density at radius 3 is 2.57 bits per heavy atom. The molecule has 0 spiro atoms. The Morgan fingerprint density at radius 2 is 1.95 bits per heavy atom. The van der Waals surface area contributed by atoms with Crippen molar-refractivity contribution in [3.8, 4) is 11.1 Å². The first-order valence-electron chi connectivity index (χ1n) is 6.54. The number of rotatable bonds is 2. The van der Waals surface area contributed by atoms with Crippen molar-refractivity contribution in [3.63, 3.8) is 0 Å². The molecule has 5 heteroatoms. The van der Waals surface area contributed by atoms with E-state index < -0.39 is 0 Å². The van der Waals surface area contributed by atoms with Gasteiger partial charge in [-0.15, -0.1) is 0 Å². The zero-order valence-corrected chi connectivity index (χ0v) is 12.5. The average Bonchev–Trinajstić information content (AvgIpc) is 3.04. The minimum absolute atomic E-state index is 0.315. The number of carbonyl (C=O) groups is 2. The van der Waals surface area contributed by atoms with Crippen LogP contribution in [0, 0.1) is 13.8 Å². The highest BCUT2D eigenvalue weighted by molar-refractivity contribution is 8.18. The summed E-state index contributed by atoms with van der Waals surface area (Å²) in [6.07, 6.45) is 5.62. The van der Waals surface area contributed by atoms with Crippen molar-refractivity contribution < 1.29 is 9.59 Å². The Labute approximate surface area is 126 Å². The lowest BCUT2D eigenvalue weighted by Crippen LogP contribution is -2.17. The van der Waals surface area contributed by atoms with E-state index in [1.807, 2.05) is 38.4 Å². The number of nitrogens with one attached hydrogen (secondary N) is 2. The largest absolute Gasteiger partial charge is 0.367 e. The third kappa shape index (κ3) is 2.64. The van der Waals surface area contributed by atoms with Gasteiger partial charge < -0.3 is 4.98 Å². The maximum Gasteiger partial charge on any atom is 0.290 e. The average molecular weight is 298 g/mol. The van der Waals surface area contributed by atoms with Crippen LogP contribution in [0.1, 0.15) is 16.7 Å². The maximum absolute atomic E-state index is 11.6. The van der Waals surface area contributed by atoms with E-state index >= 15 is 0 Å². The van der Waals surface area contributed by atoms with Crippen molar-refractivity contribution in [2.75, 3.05) is 0 Å². The quantitative estimate of drug-likeness (QED) is 0.832. The zero-order chi connectivity index (χ0) is 15.0. The lowest BCUT2D eigenvalue weighted by atomic mass is 9.96. The van der Waals surface area contributed by atoms with E-state index in [1.54, 1.807) is 6.08 Å². The van der Waals surface area contributed by atoms with E-state index in [4.69, 9.17) is 0 Å². The third-order valence-corrected chi connectivity index (χ3v) is 4.26. The van der Waals surface area contributed by atoms with Crippen LogP contribution in [-0.2, 0) is 4.79 Å². The molecule has 0 saturated carbocycles. The summed E-state index contributed by atoms with van der Waals surface area (Å²) in [4.78, 5) is 26.3. The van der Waals surface area contributed by atoms with Crippen molar-refractivity contribution in [2.45, 2.75) is 13.8 Å². The summed E-state index contributed by atoms with van der Waals surface area (Å²) < 4.78 is 0. The van der Waals surface area contributed by atoms with Gasteiger partial charge in [0.2, 0.25) is 0 Å². The molecule has 1 fully saturated rings. The van der Waals surface area contributed by atoms with Gasteiger partial charge in [0.15, 0.2) is 0 Å². The molecule has 3 rings (SSSR count). The minimum Gasteiger partial charge on any atom is -0.367 e. The number of amides is 2. The van der Waals surface area contributed by atoms with Gasteiger partial charge in [-0.25, -0.2) is 0 Å². The fourth-order valence-electron chi connectivity index (χ4n) is 2.36. The fraction of sp³-hybridized carbons (Fsp3) is 0.125. The summed E-state index contributed by atoms with van der Waals surface area (Å²) in [5, 5.41) is 1.95. The molecule has 1 aliphatic rings. The predicted octanol–water partition coefficient (Wildman–Crippen LogP) is 3.62. The molecule has 0 bridgehead atoms. The molecule has 1 saturated heterocycles. The van der Waals surface area contributed by atoms with Gasteiger partial charge in [-0.1, -0.05) is 12.1 Å². The van der Waals surface area contributed by atoms with Gasteiger partial charge >= 0.3 is 0 Å². The van der Waals surface area contributed by atoms with Crippen LogP contribution in [-0.4, -0.2) is 16.1 Å². The van der Waals surface area contributed by atoms with Gasteiger partial charge in [0, 0.05) is 12.4 Å². The second-order valence-corrected chi connectivity index (χ2v) is 5.99. The van der Waals surface area contributed by atoms with Gasteiger partial charge in [-0.2, -0.15) is 0 Å². The summed E-state index contributed by atoms with van der Waals surface area (Å²) >= 11 is 0.942. The molecule has 1 aromatic carbocycles. The van der Waals surface area contributed by atoms with Crippen LogP contribution in [0.2, 0.25) is 0 Å². The van der Waals surface area contributed by atoms with Crippen molar-refractivity contribution >= 4 is 29.0 Å². The van der Waals surface area contributed by atoms with E-state index in [2.05, 4.69) is 16.4 Å². The molecule has 2 aromatic rings. The number of benzene rings is 1. The van der Waals surface area contributed by atoms with E-state index in [1.165, 1.54) is 0 Å². The Morgan fingerprint density at radius 1 is 1.14 bits per heavy atom. The van der Waals surface area contributed by atoms with Crippen molar-refractivity contribution in [2.24, 2.45) is 0 Å². The molecule has 0 radical (unpaired) electrons. The van der Waals surface area contributed by atoms with Crippen LogP contribution in [0.15, 0.2) is 35.5 Å². The SMILES string of the molecule is Cc1cc(-c2cc[nH]c2)c(C)cc1/C=C1\SC(=O)NC1=O. The van der Waals surface area contributed by atoms with Crippen LogP contribution >= 0.6 is 11.8 Å². The zero-order valence-electron chi connectivity index (χ0n) is 11.7. The summed E-state index contributed by atoms with van der Waals surface area (Å²) in [6.45, 7) is 4.04. The van der Waals surface area contributed by atoms with Gasteiger partial charge in [0.05, 0.1) is 4.91 Å². The summed E-state index contributed by atoms with van der Waals surface area (Å²) in [7, 11) is 0. The van der Waals surface area contributed by atoms with Gasteiger partial charge in [0.1, 0.15) is 0 Å². The maximum atomic E-state index is 11.6. The number of H-pyrrole nitrogens is 1. The van der Waals surface area contributed by atoms with Crippen molar-refractivity contribution in [1.82, 2.24) is 10.3 Å². The molecule has 1 aliphatic heterocycles. The number of imide groups is 1. The molecule has 0 unspecified atom stereocenters. The molecule has 2 N–H and O–H groups in total. The number of aryl methyl sites for hydroxylation is 2. The monoisotopic (exact) mass is 298 g/mol. The standard InChI is InChI=1S/C16H14N2O2S/c1-9-6-13(11-3-4-17-8-11)10(2)5-12(9)7-14-15(19)18-16(20)21-14/h3-8,17H,1-2H3,(H,18,19,20)/b14-7-. The second-order valence-electron chi connectivity index (χ2n) is 4.98. The van der Waals surface area contributed by atoms with Crippen LogP contribution in [0.3, 0.4) is 0 Å². The molecular formula is C16H14N2O2S. The van der Waals surface area contributed by atoms with Crippen LogP contribution in [0.25, 0.3) is 17.2 Å². The molecule has 106 valence electrons. The van der Waals surface area contributed by atoms with Crippen molar-refractivity contribution in [1.29, 1.82) is 0 Å². The Hall–Kier alpha value is -2.27. The molecule has 1 aromatic heterocycles. The number of hydrogen-bond donors (Lipinski definition) is 2. The van der Waals surface area contributed by atoms with Crippen LogP contribution in [0.4, 0.5) is 4.79 Å². The van der Waals surface area contributed by atoms with E-state index in [0.717, 1.165) is 39.6 Å². The number of aromatic nitrogens is 1. The Kier molecular flexibility index (Phi) is 3.43. The summed E-state index contributed by atoms with van der Waals surface area (Å²) in [5.74, 6) is -0.322. The number of thioether (sulfide) groups is 1. The minimum atomic E-state index is -0.322. The number of hydrogen-bond acceptors (Lipinski definition) is 3. The van der Waals surface area contributed by atoms with Gasteiger partial charge in [-0.05, 0) is 65.6 Å². The van der Waals surface area contributed by atoms with E-state index in [0.29, 0.717) is 4.91 Å². The lowest BCUT2D eigenvalue weighted by Gasteiger charge is -2.09. The molecule has 21 heavy (non-hydrogen) atoms. The first-order chi connectivity index (χ1) is 10.0.